The monoisotopic (exact) mass is 189 g/mol. The van der Waals surface area contributed by atoms with E-state index in [1.54, 1.807) is 29.2 Å². The summed E-state index contributed by atoms with van der Waals surface area (Å²) in [6, 6.07) is 0. The molecule has 0 bridgehead atoms. The second-order valence-electron chi connectivity index (χ2n) is 3.21. The summed E-state index contributed by atoms with van der Waals surface area (Å²) >= 11 is 0. The Morgan fingerprint density at radius 3 is 2.71 bits per heavy atom. The lowest BCUT2D eigenvalue weighted by molar-refractivity contribution is -0.126. The highest BCUT2D eigenvalue weighted by molar-refractivity contribution is 5.98. The molecule has 0 aromatic rings. The molecule has 2 heteroatoms. The third kappa shape index (κ3) is 2.02. The van der Waals surface area contributed by atoms with E-state index in [4.69, 9.17) is 0 Å². The minimum absolute atomic E-state index is 0.0595. The number of nitrogens with zero attached hydrogens (tertiary/aromatic N) is 1. The Hall–Kier alpha value is -1.57. The van der Waals surface area contributed by atoms with Gasteiger partial charge < -0.3 is 4.90 Å². The molecular weight excluding hydrogens is 174 g/mol. The molecule has 0 aromatic carbocycles. The van der Waals surface area contributed by atoms with Crippen LogP contribution in [-0.4, -0.2) is 24.4 Å². The highest BCUT2D eigenvalue weighted by Crippen LogP contribution is 2.19. The maximum Gasteiger partial charge on any atom is 0.253 e. The van der Waals surface area contributed by atoms with Crippen molar-refractivity contribution in [1.82, 2.24) is 4.90 Å². The first-order valence-corrected chi connectivity index (χ1v) is 4.61. The molecule has 0 unspecified atom stereocenters. The zero-order valence-corrected chi connectivity index (χ0v) is 8.49. The predicted octanol–water partition coefficient (Wildman–Crippen LogP) is 2.07. The molecule has 1 rings (SSSR count). The molecule has 0 atom stereocenters. The van der Waals surface area contributed by atoms with Crippen molar-refractivity contribution in [2.75, 3.05) is 13.6 Å². The first-order valence-electron chi connectivity index (χ1n) is 4.61. The Labute approximate surface area is 84.9 Å². The minimum Gasteiger partial charge on any atom is -0.341 e. The van der Waals surface area contributed by atoms with Crippen molar-refractivity contribution in [2.45, 2.75) is 6.42 Å². The summed E-state index contributed by atoms with van der Waals surface area (Å²) < 4.78 is 0. The van der Waals surface area contributed by atoms with Gasteiger partial charge in [0, 0.05) is 19.2 Å². The molecular formula is C12H15NO. The Balaban J connectivity index is 3.06. The van der Waals surface area contributed by atoms with Crippen molar-refractivity contribution in [3.63, 3.8) is 0 Å². The van der Waals surface area contributed by atoms with Gasteiger partial charge in [-0.15, -0.1) is 0 Å². The number of carbonyl (C=O) groups excluding carboxylic acids is 1. The van der Waals surface area contributed by atoms with E-state index in [1.807, 2.05) is 7.05 Å². The smallest absolute Gasteiger partial charge is 0.253 e. The van der Waals surface area contributed by atoms with E-state index in [9.17, 15) is 4.79 Å². The van der Waals surface area contributed by atoms with Gasteiger partial charge in [-0.2, -0.15) is 0 Å². The average molecular weight is 189 g/mol. The SMILES string of the molecule is C=C/C=C\C1=C(C=C)CCN(C)C1=O. The molecule has 1 aliphatic rings. The third-order valence-electron chi connectivity index (χ3n) is 2.28. The van der Waals surface area contributed by atoms with Crippen LogP contribution in [0, 0.1) is 0 Å². The average Bonchev–Trinajstić information content (AvgIpc) is 2.20. The van der Waals surface area contributed by atoms with E-state index in [2.05, 4.69) is 13.2 Å². The molecule has 1 aliphatic heterocycles. The van der Waals surface area contributed by atoms with Gasteiger partial charge >= 0.3 is 0 Å². The van der Waals surface area contributed by atoms with Gasteiger partial charge in [-0.1, -0.05) is 31.4 Å². The molecule has 74 valence electrons. The third-order valence-corrected chi connectivity index (χ3v) is 2.28. The van der Waals surface area contributed by atoms with Gasteiger partial charge in [-0.3, -0.25) is 4.79 Å². The molecule has 0 aliphatic carbocycles. The summed E-state index contributed by atoms with van der Waals surface area (Å²) in [5, 5.41) is 0. The first kappa shape index (κ1) is 10.5. The van der Waals surface area contributed by atoms with Crippen molar-refractivity contribution in [3.05, 3.63) is 48.6 Å². The summed E-state index contributed by atoms with van der Waals surface area (Å²) in [6.07, 6.45) is 7.86. The fourth-order valence-corrected chi connectivity index (χ4v) is 1.42. The minimum atomic E-state index is 0.0595. The van der Waals surface area contributed by atoms with Crippen molar-refractivity contribution in [1.29, 1.82) is 0 Å². The number of amides is 1. The largest absolute Gasteiger partial charge is 0.341 e. The molecule has 0 fully saturated rings. The molecule has 1 heterocycles. The second kappa shape index (κ2) is 4.61. The molecule has 0 saturated carbocycles. The van der Waals surface area contributed by atoms with Crippen molar-refractivity contribution in [2.24, 2.45) is 0 Å². The molecule has 0 saturated heterocycles. The zero-order chi connectivity index (χ0) is 10.6. The van der Waals surface area contributed by atoms with E-state index in [-0.39, 0.29) is 5.91 Å². The van der Waals surface area contributed by atoms with Crippen LogP contribution in [0.15, 0.2) is 48.6 Å². The Morgan fingerprint density at radius 2 is 2.14 bits per heavy atom. The topological polar surface area (TPSA) is 20.3 Å². The summed E-state index contributed by atoms with van der Waals surface area (Å²) in [5.41, 5.74) is 1.75. The van der Waals surface area contributed by atoms with E-state index < -0.39 is 0 Å². The maximum absolute atomic E-state index is 11.7. The van der Waals surface area contributed by atoms with E-state index >= 15 is 0 Å². The van der Waals surface area contributed by atoms with Crippen molar-refractivity contribution in [3.8, 4) is 0 Å². The van der Waals surface area contributed by atoms with Gasteiger partial charge in [0.05, 0.1) is 0 Å². The van der Waals surface area contributed by atoms with Crippen LogP contribution in [0.3, 0.4) is 0 Å². The molecule has 2 nitrogen and oxygen atoms in total. The van der Waals surface area contributed by atoms with E-state index in [0.717, 1.165) is 24.1 Å². The second-order valence-corrected chi connectivity index (χ2v) is 3.21. The molecule has 0 aromatic heterocycles. The predicted molar refractivity (Wildman–Crippen MR) is 58.8 cm³/mol. The summed E-state index contributed by atoms with van der Waals surface area (Å²) in [5.74, 6) is 0.0595. The lowest BCUT2D eigenvalue weighted by Gasteiger charge is -2.24. The summed E-state index contributed by atoms with van der Waals surface area (Å²) in [6.45, 7) is 8.06. The molecule has 1 amide bonds. The van der Waals surface area contributed by atoms with E-state index in [1.165, 1.54) is 0 Å². The number of allylic oxidation sites excluding steroid dienone is 3. The van der Waals surface area contributed by atoms with Gasteiger partial charge in [-0.05, 0) is 18.1 Å². The lowest BCUT2D eigenvalue weighted by atomic mass is 9.99. The van der Waals surface area contributed by atoms with Crippen LogP contribution in [0.4, 0.5) is 0 Å². The van der Waals surface area contributed by atoms with Crippen LogP contribution in [-0.2, 0) is 4.79 Å². The highest BCUT2D eigenvalue weighted by Gasteiger charge is 2.20. The van der Waals surface area contributed by atoms with Crippen molar-refractivity contribution < 1.29 is 4.79 Å². The Bertz CT molecular complexity index is 323. The Morgan fingerprint density at radius 1 is 1.43 bits per heavy atom. The zero-order valence-electron chi connectivity index (χ0n) is 8.49. The van der Waals surface area contributed by atoms with Crippen LogP contribution in [0.5, 0.6) is 0 Å². The fourth-order valence-electron chi connectivity index (χ4n) is 1.42. The number of rotatable bonds is 3. The van der Waals surface area contributed by atoms with Crippen LogP contribution in [0.25, 0.3) is 0 Å². The lowest BCUT2D eigenvalue weighted by Crippen LogP contribution is -2.33. The number of likely N-dealkylation sites (N-methyl/N-ethyl adjacent to an activating group) is 1. The number of hydrogen-bond acceptors (Lipinski definition) is 1. The summed E-state index contributed by atoms with van der Waals surface area (Å²) in [4.78, 5) is 13.5. The van der Waals surface area contributed by atoms with Crippen molar-refractivity contribution >= 4 is 5.91 Å². The molecule has 0 radical (unpaired) electrons. The Kier molecular flexibility index (Phi) is 3.46. The fraction of sp³-hybridized carbons (Fsp3) is 0.250. The van der Waals surface area contributed by atoms with Crippen LogP contribution in [0.2, 0.25) is 0 Å². The molecule has 0 N–H and O–H groups in total. The van der Waals surface area contributed by atoms with E-state index in [0.29, 0.717) is 0 Å². The number of hydrogen-bond donors (Lipinski definition) is 0. The van der Waals surface area contributed by atoms with Gasteiger partial charge in [0.2, 0.25) is 0 Å². The quantitative estimate of drug-likeness (QED) is 0.622. The highest BCUT2D eigenvalue weighted by atomic mass is 16.2. The van der Waals surface area contributed by atoms with Crippen LogP contribution < -0.4 is 0 Å². The molecule has 14 heavy (non-hydrogen) atoms. The molecule has 0 spiro atoms. The van der Waals surface area contributed by atoms with Gasteiger partial charge in [-0.25, -0.2) is 0 Å². The summed E-state index contributed by atoms with van der Waals surface area (Å²) in [7, 11) is 1.81. The normalized spacial score (nSPS) is 17.8. The maximum atomic E-state index is 11.7. The van der Waals surface area contributed by atoms with Crippen LogP contribution in [0.1, 0.15) is 6.42 Å². The van der Waals surface area contributed by atoms with Gasteiger partial charge in [0.25, 0.3) is 5.91 Å². The number of carbonyl (C=O) groups is 1. The standard InChI is InChI=1S/C12H15NO/c1-4-6-7-11-10(5-2)8-9-13(3)12(11)14/h4-7H,1-2,8-9H2,3H3/b7-6-. The first-order chi connectivity index (χ1) is 6.70. The van der Waals surface area contributed by atoms with Gasteiger partial charge in [0.15, 0.2) is 0 Å². The van der Waals surface area contributed by atoms with Gasteiger partial charge in [0.1, 0.15) is 0 Å². The van der Waals surface area contributed by atoms with Crippen LogP contribution >= 0.6 is 0 Å².